The predicted octanol–water partition coefficient (Wildman–Crippen LogP) is 3.35. The van der Waals surface area contributed by atoms with Crippen molar-refractivity contribution in [2.24, 2.45) is 7.05 Å². The molecule has 0 aliphatic carbocycles. The molecule has 1 aromatic carbocycles. The van der Waals surface area contributed by atoms with Gasteiger partial charge in [-0.2, -0.15) is 0 Å². The lowest BCUT2D eigenvalue weighted by molar-refractivity contribution is -0.117. The first-order valence-corrected chi connectivity index (χ1v) is 8.38. The van der Waals surface area contributed by atoms with Crippen LogP contribution in [-0.4, -0.2) is 20.6 Å². The van der Waals surface area contributed by atoms with Crippen LogP contribution in [0.5, 0.6) is 5.75 Å². The standard InChI is InChI=1S/C19H22N4O3/c1-12(18-13(2)22-26-14(18)3)19(24)21-15-5-7-16(8-6-15)25-11-17-20-9-10-23(17)4/h5-10,12H,11H2,1-4H3,(H,21,24). The molecule has 3 aromatic rings. The number of anilines is 1. The number of hydrogen-bond donors (Lipinski definition) is 1. The molecule has 0 radical (unpaired) electrons. The lowest BCUT2D eigenvalue weighted by atomic mass is 9.98. The van der Waals surface area contributed by atoms with E-state index in [0.717, 1.165) is 17.1 Å². The molecular formula is C19H22N4O3. The molecule has 0 spiro atoms. The molecule has 1 N–H and O–H groups in total. The van der Waals surface area contributed by atoms with Crippen LogP contribution in [0.4, 0.5) is 5.69 Å². The average molecular weight is 354 g/mol. The second-order valence-corrected chi connectivity index (χ2v) is 6.22. The molecule has 7 heteroatoms. The van der Waals surface area contributed by atoms with Crippen LogP contribution in [0.1, 0.15) is 35.7 Å². The summed E-state index contributed by atoms with van der Waals surface area (Å²) in [5, 5.41) is 6.82. The lowest BCUT2D eigenvalue weighted by Gasteiger charge is -2.13. The first-order chi connectivity index (χ1) is 12.5. The largest absolute Gasteiger partial charge is 0.486 e. The molecule has 0 aliphatic heterocycles. The summed E-state index contributed by atoms with van der Waals surface area (Å²) in [6.07, 6.45) is 3.61. The van der Waals surface area contributed by atoms with Gasteiger partial charge in [-0.3, -0.25) is 4.79 Å². The third-order valence-corrected chi connectivity index (χ3v) is 4.33. The Morgan fingerprint density at radius 3 is 2.62 bits per heavy atom. The molecule has 1 atom stereocenters. The second kappa shape index (κ2) is 7.43. The molecule has 2 aromatic heterocycles. The van der Waals surface area contributed by atoms with E-state index in [9.17, 15) is 4.79 Å². The van der Waals surface area contributed by atoms with Crippen LogP contribution in [0.2, 0.25) is 0 Å². The van der Waals surface area contributed by atoms with Crippen LogP contribution in [-0.2, 0) is 18.4 Å². The molecule has 26 heavy (non-hydrogen) atoms. The molecule has 0 aliphatic rings. The van der Waals surface area contributed by atoms with E-state index in [1.165, 1.54) is 0 Å². The van der Waals surface area contributed by atoms with Crippen LogP contribution in [0, 0.1) is 13.8 Å². The van der Waals surface area contributed by atoms with Crippen LogP contribution in [0.15, 0.2) is 41.2 Å². The Bertz CT molecular complexity index is 876. The molecule has 0 bridgehead atoms. The highest BCUT2D eigenvalue weighted by Crippen LogP contribution is 2.25. The van der Waals surface area contributed by atoms with Crippen molar-refractivity contribution >= 4 is 11.6 Å². The normalized spacial score (nSPS) is 12.0. The van der Waals surface area contributed by atoms with Crippen molar-refractivity contribution in [3.63, 3.8) is 0 Å². The van der Waals surface area contributed by atoms with Gasteiger partial charge in [-0.1, -0.05) is 5.16 Å². The second-order valence-electron chi connectivity index (χ2n) is 6.22. The SMILES string of the molecule is Cc1noc(C)c1C(C)C(=O)Nc1ccc(OCc2nccn2C)cc1. The van der Waals surface area contributed by atoms with E-state index in [2.05, 4.69) is 15.5 Å². The van der Waals surface area contributed by atoms with Crippen molar-refractivity contribution in [1.82, 2.24) is 14.7 Å². The molecule has 0 saturated carbocycles. The monoisotopic (exact) mass is 354 g/mol. The minimum atomic E-state index is -0.347. The number of benzene rings is 1. The number of nitrogens with zero attached hydrogens (tertiary/aromatic N) is 3. The summed E-state index contributed by atoms with van der Waals surface area (Å²) in [5.41, 5.74) is 2.28. The molecule has 0 saturated heterocycles. The number of aryl methyl sites for hydroxylation is 3. The van der Waals surface area contributed by atoms with Crippen LogP contribution >= 0.6 is 0 Å². The van der Waals surface area contributed by atoms with Crippen molar-refractivity contribution < 1.29 is 14.1 Å². The molecule has 1 unspecified atom stereocenters. The Kier molecular flexibility index (Phi) is 5.06. The zero-order valence-corrected chi connectivity index (χ0v) is 15.3. The predicted molar refractivity (Wildman–Crippen MR) is 97.0 cm³/mol. The number of imidazole rings is 1. The fraction of sp³-hybridized carbons (Fsp3) is 0.316. The summed E-state index contributed by atoms with van der Waals surface area (Å²) in [5.74, 6) is 1.77. The number of carbonyl (C=O) groups excluding carboxylic acids is 1. The van der Waals surface area contributed by atoms with Gasteiger partial charge in [0, 0.05) is 30.7 Å². The highest BCUT2D eigenvalue weighted by atomic mass is 16.5. The van der Waals surface area contributed by atoms with E-state index in [1.54, 1.807) is 6.20 Å². The molecule has 7 nitrogen and oxygen atoms in total. The Morgan fingerprint density at radius 1 is 1.31 bits per heavy atom. The maximum Gasteiger partial charge on any atom is 0.231 e. The molecule has 1 amide bonds. The summed E-state index contributed by atoms with van der Waals surface area (Å²) in [6.45, 7) is 5.88. The summed E-state index contributed by atoms with van der Waals surface area (Å²) >= 11 is 0. The lowest BCUT2D eigenvalue weighted by Crippen LogP contribution is -2.19. The van der Waals surface area contributed by atoms with Crippen LogP contribution < -0.4 is 10.1 Å². The summed E-state index contributed by atoms with van der Waals surface area (Å²) in [6, 6.07) is 7.26. The third kappa shape index (κ3) is 3.77. The smallest absolute Gasteiger partial charge is 0.231 e. The van der Waals surface area contributed by atoms with Gasteiger partial charge in [0.1, 0.15) is 23.9 Å². The fourth-order valence-corrected chi connectivity index (χ4v) is 2.81. The zero-order chi connectivity index (χ0) is 18.7. The summed E-state index contributed by atoms with van der Waals surface area (Å²) in [4.78, 5) is 16.7. The Morgan fingerprint density at radius 2 is 2.04 bits per heavy atom. The Hall–Kier alpha value is -3.09. The molecule has 136 valence electrons. The van der Waals surface area contributed by atoms with Crippen molar-refractivity contribution in [1.29, 1.82) is 0 Å². The summed E-state index contributed by atoms with van der Waals surface area (Å²) < 4.78 is 12.8. The van der Waals surface area contributed by atoms with Gasteiger partial charge < -0.3 is 19.1 Å². The van der Waals surface area contributed by atoms with Gasteiger partial charge >= 0.3 is 0 Å². The third-order valence-electron chi connectivity index (χ3n) is 4.33. The van der Waals surface area contributed by atoms with Gasteiger partial charge in [0.25, 0.3) is 0 Å². The number of nitrogens with one attached hydrogen (secondary N) is 1. The minimum Gasteiger partial charge on any atom is -0.486 e. The van der Waals surface area contributed by atoms with Gasteiger partial charge in [-0.15, -0.1) is 0 Å². The first-order valence-electron chi connectivity index (χ1n) is 8.38. The van der Waals surface area contributed by atoms with Crippen molar-refractivity contribution in [2.45, 2.75) is 33.3 Å². The van der Waals surface area contributed by atoms with E-state index in [0.29, 0.717) is 23.8 Å². The molecule has 0 fully saturated rings. The van der Waals surface area contributed by atoms with Crippen LogP contribution in [0.3, 0.4) is 0 Å². The highest BCUT2D eigenvalue weighted by Gasteiger charge is 2.22. The highest BCUT2D eigenvalue weighted by molar-refractivity contribution is 5.95. The van der Waals surface area contributed by atoms with Gasteiger partial charge in [0.15, 0.2) is 0 Å². The van der Waals surface area contributed by atoms with E-state index in [-0.39, 0.29) is 11.8 Å². The minimum absolute atomic E-state index is 0.110. The summed E-state index contributed by atoms with van der Waals surface area (Å²) in [7, 11) is 1.92. The van der Waals surface area contributed by atoms with E-state index < -0.39 is 0 Å². The zero-order valence-electron chi connectivity index (χ0n) is 15.3. The van der Waals surface area contributed by atoms with Crippen molar-refractivity contribution in [2.75, 3.05) is 5.32 Å². The van der Waals surface area contributed by atoms with Gasteiger partial charge in [0.2, 0.25) is 5.91 Å². The number of amides is 1. The van der Waals surface area contributed by atoms with Crippen LogP contribution in [0.25, 0.3) is 0 Å². The fourth-order valence-electron chi connectivity index (χ4n) is 2.81. The number of ether oxygens (including phenoxy) is 1. The van der Waals surface area contributed by atoms with Crippen molar-refractivity contribution in [3.8, 4) is 5.75 Å². The molecular weight excluding hydrogens is 332 g/mol. The number of carbonyl (C=O) groups is 1. The van der Waals surface area contributed by atoms with E-state index in [1.807, 2.05) is 62.8 Å². The van der Waals surface area contributed by atoms with Gasteiger partial charge in [-0.25, -0.2) is 4.98 Å². The maximum absolute atomic E-state index is 12.5. The quantitative estimate of drug-likeness (QED) is 0.734. The van der Waals surface area contributed by atoms with E-state index in [4.69, 9.17) is 9.26 Å². The van der Waals surface area contributed by atoms with Gasteiger partial charge in [0.05, 0.1) is 11.6 Å². The number of hydrogen-bond acceptors (Lipinski definition) is 5. The van der Waals surface area contributed by atoms with Gasteiger partial charge in [-0.05, 0) is 45.0 Å². The van der Waals surface area contributed by atoms with Crippen molar-refractivity contribution in [3.05, 3.63) is 59.5 Å². The Labute approximate surface area is 152 Å². The number of aromatic nitrogens is 3. The molecule has 3 rings (SSSR count). The first kappa shape index (κ1) is 17.7. The number of rotatable bonds is 6. The topological polar surface area (TPSA) is 82.2 Å². The van der Waals surface area contributed by atoms with E-state index >= 15 is 0 Å². The maximum atomic E-state index is 12.5. The molecule has 2 heterocycles. The Balaban J connectivity index is 1.60. The average Bonchev–Trinajstić information content (AvgIpc) is 3.18.